The molecule has 0 saturated heterocycles. The van der Waals surface area contributed by atoms with Crippen LogP contribution < -0.4 is 26.7 Å². The van der Waals surface area contributed by atoms with E-state index in [1.54, 1.807) is 32.4 Å². The highest BCUT2D eigenvalue weighted by Gasteiger charge is 2.01. The van der Waals surface area contributed by atoms with Gasteiger partial charge in [-0.05, 0) is 36.4 Å². The standard InChI is InChI=1S/C8H10BrN3O.C7H8BrNO/c1-13-7-4-5(9)2-3-6(7)12-8(10)11;1-10-7-4-5(8)2-3-6(7)9/h2-4H,1H3,(H4,10,11,12);2-4H,9H2,1H3. The van der Waals surface area contributed by atoms with Crippen molar-refractivity contribution in [3.8, 4) is 11.5 Å². The number of nitrogen functional groups attached to an aromatic ring is 1. The lowest BCUT2D eigenvalue weighted by Gasteiger charge is -2.04. The summed E-state index contributed by atoms with van der Waals surface area (Å²) in [5.74, 6) is 1.35. The van der Waals surface area contributed by atoms with Crippen LogP contribution in [-0.2, 0) is 0 Å². The molecule has 6 nitrogen and oxygen atoms in total. The van der Waals surface area contributed by atoms with Crippen molar-refractivity contribution in [1.29, 1.82) is 0 Å². The zero-order chi connectivity index (χ0) is 17.4. The average Bonchev–Trinajstić information content (AvgIpc) is 2.51. The molecule has 0 amide bonds. The summed E-state index contributed by atoms with van der Waals surface area (Å²) in [4.78, 5) is 3.90. The summed E-state index contributed by atoms with van der Waals surface area (Å²) >= 11 is 6.61. The van der Waals surface area contributed by atoms with E-state index in [9.17, 15) is 0 Å². The zero-order valence-electron chi connectivity index (χ0n) is 12.7. The first-order valence-corrected chi connectivity index (χ1v) is 7.98. The molecule has 0 bridgehead atoms. The second-order valence-corrected chi connectivity index (χ2v) is 6.07. The molecule has 0 atom stereocenters. The average molecular weight is 446 g/mol. The van der Waals surface area contributed by atoms with Crippen molar-refractivity contribution < 1.29 is 9.47 Å². The van der Waals surface area contributed by atoms with Crippen LogP contribution in [0.2, 0.25) is 0 Å². The summed E-state index contributed by atoms with van der Waals surface area (Å²) in [6.07, 6.45) is 0. The van der Waals surface area contributed by atoms with Gasteiger partial charge in [0.1, 0.15) is 17.2 Å². The summed E-state index contributed by atoms with van der Waals surface area (Å²) in [6.45, 7) is 0. The highest BCUT2D eigenvalue weighted by atomic mass is 79.9. The van der Waals surface area contributed by atoms with Crippen LogP contribution in [0.5, 0.6) is 11.5 Å². The maximum atomic E-state index is 5.55. The van der Waals surface area contributed by atoms with Crippen molar-refractivity contribution in [2.24, 2.45) is 16.5 Å². The lowest BCUT2D eigenvalue weighted by atomic mass is 10.3. The predicted octanol–water partition coefficient (Wildman–Crippen LogP) is 3.40. The summed E-state index contributed by atoms with van der Waals surface area (Å²) in [7, 11) is 3.16. The van der Waals surface area contributed by atoms with Gasteiger partial charge < -0.3 is 26.7 Å². The number of ether oxygens (including phenoxy) is 2. The van der Waals surface area contributed by atoms with Gasteiger partial charge in [-0.15, -0.1) is 0 Å². The van der Waals surface area contributed by atoms with Crippen molar-refractivity contribution in [2.45, 2.75) is 0 Å². The lowest BCUT2D eigenvalue weighted by Crippen LogP contribution is -2.21. The largest absolute Gasteiger partial charge is 0.495 e. The molecule has 124 valence electrons. The van der Waals surface area contributed by atoms with Gasteiger partial charge in [0.2, 0.25) is 0 Å². The molecule has 0 heterocycles. The van der Waals surface area contributed by atoms with Gasteiger partial charge in [-0.1, -0.05) is 31.9 Å². The molecular weight excluding hydrogens is 428 g/mol. The minimum atomic E-state index is 0.0145. The number of nitrogens with zero attached hydrogens (tertiary/aromatic N) is 1. The molecule has 0 saturated carbocycles. The van der Waals surface area contributed by atoms with Crippen LogP contribution in [0, 0.1) is 0 Å². The second kappa shape index (κ2) is 9.26. The van der Waals surface area contributed by atoms with Crippen molar-refractivity contribution in [2.75, 3.05) is 20.0 Å². The Hall–Kier alpha value is -1.93. The molecule has 0 aliphatic carbocycles. The molecule has 0 aromatic heterocycles. The molecule has 6 N–H and O–H groups in total. The number of anilines is 1. The molecule has 23 heavy (non-hydrogen) atoms. The number of aliphatic imine (C=N–C) groups is 1. The van der Waals surface area contributed by atoms with E-state index in [0.717, 1.165) is 8.95 Å². The Labute approximate surface area is 151 Å². The van der Waals surface area contributed by atoms with Gasteiger partial charge in [0, 0.05) is 8.95 Å². The van der Waals surface area contributed by atoms with Crippen molar-refractivity contribution in [3.05, 3.63) is 45.3 Å². The van der Waals surface area contributed by atoms with Crippen LogP contribution in [0.4, 0.5) is 11.4 Å². The monoisotopic (exact) mass is 444 g/mol. The molecule has 0 fully saturated rings. The topological polar surface area (TPSA) is 109 Å². The maximum Gasteiger partial charge on any atom is 0.191 e. The van der Waals surface area contributed by atoms with Crippen LogP contribution in [0.3, 0.4) is 0 Å². The minimum Gasteiger partial charge on any atom is -0.495 e. The van der Waals surface area contributed by atoms with E-state index >= 15 is 0 Å². The summed E-state index contributed by atoms with van der Waals surface area (Å²) in [6, 6.07) is 10.9. The quantitative estimate of drug-likeness (QED) is 0.381. The van der Waals surface area contributed by atoms with Gasteiger partial charge in [-0.3, -0.25) is 0 Å². The highest BCUT2D eigenvalue weighted by Crippen LogP contribution is 2.30. The molecule has 0 aliphatic rings. The van der Waals surface area contributed by atoms with Gasteiger partial charge in [0.25, 0.3) is 0 Å². The number of halogens is 2. The number of benzene rings is 2. The van der Waals surface area contributed by atoms with Crippen LogP contribution in [0.15, 0.2) is 50.3 Å². The van der Waals surface area contributed by atoms with Gasteiger partial charge in [0.15, 0.2) is 5.96 Å². The van der Waals surface area contributed by atoms with Gasteiger partial charge in [-0.2, -0.15) is 0 Å². The summed E-state index contributed by atoms with van der Waals surface area (Å²) in [5.41, 5.74) is 17.3. The summed E-state index contributed by atoms with van der Waals surface area (Å²) in [5, 5.41) is 0. The smallest absolute Gasteiger partial charge is 0.191 e. The second-order valence-electron chi connectivity index (χ2n) is 4.24. The fraction of sp³-hybridized carbons (Fsp3) is 0.133. The fourth-order valence-corrected chi connectivity index (χ4v) is 2.25. The Morgan fingerprint density at radius 2 is 1.43 bits per heavy atom. The van der Waals surface area contributed by atoms with E-state index < -0.39 is 0 Å². The predicted molar refractivity (Wildman–Crippen MR) is 101 cm³/mol. The molecule has 2 rings (SSSR count). The number of guanidine groups is 1. The first-order chi connectivity index (χ1) is 10.9. The van der Waals surface area contributed by atoms with E-state index in [1.165, 1.54) is 0 Å². The number of nitrogens with two attached hydrogens (primary N) is 3. The number of methoxy groups -OCH3 is 2. The van der Waals surface area contributed by atoms with Crippen LogP contribution in [0.25, 0.3) is 0 Å². The molecule has 2 aromatic rings. The van der Waals surface area contributed by atoms with Crippen LogP contribution in [0.1, 0.15) is 0 Å². The Bertz CT molecular complexity index is 689. The highest BCUT2D eigenvalue weighted by molar-refractivity contribution is 9.10. The Morgan fingerprint density at radius 1 is 0.913 bits per heavy atom. The minimum absolute atomic E-state index is 0.0145. The van der Waals surface area contributed by atoms with E-state index in [2.05, 4.69) is 36.9 Å². The van der Waals surface area contributed by atoms with Crippen molar-refractivity contribution >= 4 is 49.2 Å². The maximum absolute atomic E-state index is 5.55. The van der Waals surface area contributed by atoms with Gasteiger partial charge in [-0.25, -0.2) is 4.99 Å². The third-order valence-electron chi connectivity index (χ3n) is 2.59. The molecule has 0 aliphatic heterocycles. The number of rotatable bonds is 3. The molecule has 2 aromatic carbocycles. The third-order valence-corrected chi connectivity index (χ3v) is 3.57. The first kappa shape index (κ1) is 19.1. The number of hydrogen-bond acceptors (Lipinski definition) is 4. The normalized spacial score (nSPS) is 9.39. The van der Waals surface area contributed by atoms with E-state index in [4.69, 9.17) is 26.7 Å². The Balaban J connectivity index is 0.000000238. The lowest BCUT2D eigenvalue weighted by molar-refractivity contribution is 0.416. The van der Waals surface area contributed by atoms with Gasteiger partial charge >= 0.3 is 0 Å². The molecule has 0 unspecified atom stereocenters. The van der Waals surface area contributed by atoms with Crippen LogP contribution >= 0.6 is 31.9 Å². The molecular formula is C15H18Br2N4O2. The number of hydrogen-bond donors (Lipinski definition) is 3. The molecule has 8 heteroatoms. The van der Waals surface area contributed by atoms with Crippen molar-refractivity contribution in [3.63, 3.8) is 0 Å². The Kier molecular flexibility index (Phi) is 7.70. The van der Waals surface area contributed by atoms with E-state index in [-0.39, 0.29) is 5.96 Å². The fourth-order valence-electron chi connectivity index (χ4n) is 1.57. The summed E-state index contributed by atoms with van der Waals surface area (Å²) < 4.78 is 11.9. The molecule has 0 radical (unpaired) electrons. The van der Waals surface area contributed by atoms with Gasteiger partial charge in [0.05, 0.1) is 19.9 Å². The third kappa shape index (κ3) is 6.37. The zero-order valence-corrected chi connectivity index (χ0v) is 15.9. The Morgan fingerprint density at radius 3 is 1.91 bits per heavy atom. The molecule has 0 spiro atoms. The van der Waals surface area contributed by atoms with Crippen LogP contribution in [-0.4, -0.2) is 20.2 Å². The van der Waals surface area contributed by atoms with E-state index in [1.807, 2.05) is 18.2 Å². The van der Waals surface area contributed by atoms with E-state index in [0.29, 0.717) is 22.9 Å². The first-order valence-electron chi connectivity index (χ1n) is 6.39. The SMILES string of the molecule is COc1cc(Br)ccc1N.COc1cc(Br)ccc1N=C(N)N. The van der Waals surface area contributed by atoms with Crippen molar-refractivity contribution in [1.82, 2.24) is 0 Å².